The highest BCUT2D eigenvalue weighted by Gasteiger charge is 2.31. The highest BCUT2D eigenvalue weighted by molar-refractivity contribution is 5.89. The molecule has 2 aromatic rings. The average Bonchev–Trinajstić information content (AvgIpc) is 2.63. The smallest absolute Gasteiger partial charge is 0.243 e. The standard InChI is InChI=1S/C25H34N2O2/c1-7-22(24(29)26-25(4,5)6)27(17-21-15-11-9-13-19(21)3)23(28)16-20-14-10-8-12-18(20)2/h8-15,22H,7,16-17H2,1-6H3,(H,26,29). The lowest BCUT2D eigenvalue weighted by Crippen LogP contribution is -2.53. The Hall–Kier alpha value is -2.62. The number of benzene rings is 2. The van der Waals surface area contributed by atoms with Gasteiger partial charge < -0.3 is 10.2 Å². The second-order valence-electron chi connectivity index (χ2n) is 8.71. The van der Waals surface area contributed by atoms with Crippen LogP contribution in [-0.2, 0) is 22.6 Å². The Morgan fingerprint density at radius 3 is 1.93 bits per heavy atom. The van der Waals surface area contributed by atoms with Gasteiger partial charge in [0.25, 0.3) is 0 Å². The van der Waals surface area contributed by atoms with E-state index in [4.69, 9.17) is 0 Å². The summed E-state index contributed by atoms with van der Waals surface area (Å²) < 4.78 is 0. The molecule has 1 N–H and O–H groups in total. The summed E-state index contributed by atoms with van der Waals surface area (Å²) in [6.45, 7) is 12.3. The predicted molar refractivity (Wildman–Crippen MR) is 119 cm³/mol. The van der Waals surface area contributed by atoms with Gasteiger partial charge in [-0.3, -0.25) is 9.59 Å². The van der Waals surface area contributed by atoms with Gasteiger partial charge in [-0.2, -0.15) is 0 Å². The molecule has 4 nitrogen and oxygen atoms in total. The Balaban J connectivity index is 2.35. The molecule has 0 saturated heterocycles. The van der Waals surface area contributed by atoms with E-state index in [1.807, 2.05) is 90.1 Å². The molecular formula is C25H34N2O2. The molecule has 0 aliphatic rings. The number of rotatable bonds is 7. The quantitative estimate of drug-likeness (QED) is 0.748. The third-order valence-corrected chi connectivity index (χ3v) is 5.09. The lowest BCUT2D eigenvalue weighted by Gasteiger charge is -2.33. The van der Waals surface area contributed by atoms with Crippen LogP contribution in [0, 0.1) is 13.8 Å². The van der Waals surface area contributed by atoms with Gasteiger partial charge in [-0.25, -0.2) is 0 Å². The highest BCUT2D eigenvalue weighted by atomic mass is 16.2. The van der Waals surface area contributed by atoms with Crippen molar-refractivity contribution in [2.45, 2.75) is 72.5 Å². The van der Waals surface area contributed by atoms with Crippen LogP contribution in [-0.4, -0.2) is 28.3 Å². The third kappa shape index (κ3) is 6.45. The maximum absolute atomic E-state index is 13.4. The van der Waals surface area contributed by atoms with E-state index in [-0.39, 0.29) is 23.8 Å². The van der Waals surface area contributed by atoms with Crippen LogP contribution in [0.1, 0.15) is 56.4 Å². The summed E-state index contributed by atoms with van der Waals surface area (Å²) in [6.07, 6.45) is 0.852. The molecule has 2 rings (SSSR count). The number of hydrogen-bond acceptors (Lipinski definition) is 2. The van der Waals surface area contributed by atoms with Gasteiger partial charge in [-0.1, -0.05) is 55.5 Å². The molecule has 2 amide bonds. The number of nitrogens with one attached hydrogen (secondary N) is 1. The molecule has 2 aromatic carbocycles. The molecule has 29 heavy (non-hydrogen) atoms. The zero-order chi connectivity index (χ0) is 21.6. The molecule has 0 fully saturated rings. The van der Waals surface area contributed by atoms with Gasteiger partial charge in [0.15, 0.2) is 0 Å². The summed E-state index contributed by atoms with van der Waals surface area (Å²) in [5.41, 5.74) is 3.92. The lowest BCUT2D eigenvalue weighted by atomic mass is 10.0. The Morgan fingerprint density at radius 1 is 0.931 bits per heavy atom. The summed E-state index contributed by atoms with van der Waals surface area (Å²) in [6, 6.07) is 15.4. The monoisotopic (exact) mass is 394 g/mol. The van der Waals surface area contributed by atoms with E-state index < -0.39 is 6.04 Å². The van der Waals surface area contributed by atoms with Gasteiger partial charge in [0.2, 0.25) is 11.8 Å². The molecule has 0 aliphatic carbocycles. The van der Waals surface area contributed by atoms with Crippen LogP contribution < -0.4 is 5.32 Å². The Kier molecular flexibility index (Phi) is 7.60. The summed E-state index contributed by atoms with van der Waals surface area (Å²) in [5.74, 6) is -0.134. The van der Waals surface area contributed by atoms with Crippen molar-refractivity contribution < 1.29 is 9.59 Å². The Labute approximate surface area is 175 Å². The van der Waals surface area contributed by atoms with Crippen LogP contribution in [0.15, 0.2) is 48.5 Å². The minimum Gasteiger partial charge on any atom is -0.350 e. The first-order valence-corrected chi connectivity index (χ1v) is 10.3. The van der Waals surface area contributed by atoms with E-state index in [0.29, 0.717) is 13.0 Å². The second kappa shape index (κ2) is 9.73. The average molecular weight is 395 g/mol. The maximum atomic E-state index is 13.4. The first-order chi connectivity index (χ1) is 13.6. The molecule has 0 spiro atoms. The van der Waals surface area contributed by atoms with E-state index in [1.54, 1.807) is 4.90 Å². The summed E-state index contributed by atoms with van der Waals surface area (Å²) in [7, 11) is 0. The van der Waals surface area contributed by atoms with Gasteiger partial charge in [-0.05, 0) is 63.3 Å². The zero-order valence-electron chi connectivity index (χ0n) is 18.6. The number of carbonyl (C=O) groups is 2. The van der Waals surface area contributed by atoms with Crippen molar-refractivity contribution in [2.24, 2.45) is 0 Å². The van der Waals surface area contributed by atoms with Crippen molar-refractivity contribution in [2.75, 3.05) is 0 Å². The molecule has 0 aromatic heterocycles. The first-order valence-electron chi connectivity index (χ1n) is 10.3. The SMILES string of the molecule is CCC(C(=O)NC(C)(C)C)N(Cc1ccccc1C)C(=O)Cc1ccccc1C. The molecule has 0 radical (unpaired) electrons. The van der Waals surface area contributed by atoms with Crippen molar-refractivity contribution in [3.63, 3.8) is 0 Å². The second-order valence-corrected chi connectivity index (χ2v) is 8.71. The van der Waals surface area contributed by atoms with Crippen molar-refractivity contribution >= 4 is 11.8 Å². The van der Waals surface area contributed by atoms with Crippen LogP contribution in [0.3, 0.4) is 0 Å². The van der Waals surface area contributed by atoms with E-state index in [1.165, 1.54) is 0 Å². The van der Waals surface area contributed by atoms with Crippen LogP contribution in [0.2, 0.25) is 0 Å². The van der Waals surface area contributed by atoms with Gasteiger partial charge in [-0.15, -0.1) is 0 Å². The van der Waals surface area contributed by atoms with Gasteiger partial charge in [0.1, 0.15) is 6.04 Å². The zero-order valence-corrected chi connectivity index (χ0v) is 18.6. The maximum Gasteiger partial charge on any atom is 0.243 e. The van der Waals surface area contributed by atoms with Gasteiger partial charge >= 0.3 is 0 Å². The Morgan fingerprint density at radius 2 is 1.45 bits per heavy atom. The van der Waals surface area contributed by atoms with E-state index in [2.05, 4.69) is 5.32 Å². The third-order valence-electron chi connectivity index (χ3n) is 5.09. The fourth-order valence-corrected chi connectivity index (χ4v) is 3.42. The van der Waals surface area contributed by atoms with E-state index >= 15 is 0 Å². The fraction of sp³-hybridized carbons (Fsp3) is 0.440. The van der Waals surface area contributed by atoms with Crippen molar-refractivity contribution in [3.8, 4) is 0 Å². The summed E-state index contributed by atoms with van der Waals surface area (Å²) >= 11 is 0. The summed E-state index contributed by atoms with van der Waals surface area (Å²) in [5, 5.41) is 3.05. The minimum absolute atomic E-state index is 0.0292. The molecule has 0 saturated carbocycles. The molecule has 0 heterocycles. The van der Waals surface area contributed by atoms with Crippen LogP contribution in [0.25, 0.3) is 0 Å². The van der Waals surface area contributed by atoms with E-state index in [0.717, 1.165) is 22.3 Å². The molecule has 0 aliphatic heterocycles. The molecule has 4 heteroatoms. The largest absolute Gasteiger partial charge is 0.350 e. The predicted octanol–water partition coefficient (Wildman–Crippen LogP) is 4.57. The number of aryl methyl sites for hydroxylation is 2. The van der Waals surface area contributed by atoms with Gasteiger partial charge in [0, 0.05) is 12.1 Å². The van der Waals surface area contributed by atoms with Crippen LogP contribution >= 0.6 is 0 Å². The Bertz CT molecular complexity index is 852. The van der Waals surface area contributed by atoms with Gasteiger partial charge in [0.05, 0.1) is 6.42 Å². The minimum atomic E-state index is -0.509. The normalized spacial score (nSPS) is 12.3. The molecule has 0 bridgehead atoms. The first kappa shape index (κ1) is 22.7. The molecule has 1 atom stereocenters. The van der Waals surface area contributed by atoms with Crippen molar-refractivity contribution in [3.05, 3.63) is 70.8 Å². The van der Waals surface area contributed by atoms with Crippen molar-refractivity contribution in [1.82, 2.24) is 10.2 Å². The lowest BCUT2D eigenvalue weighted by molar-refractivity contribution is -0.141. The number of carbonyl (C=O) groups excluding carboxylic acids is 2. The van der Waals surface area contributed by atoms with Crippen LogP contribution in [0.5, 0.6) is 0 Å². The van der Waals surface area contributed by atoms with E-state index in [9.17, 15) is 9.59 Å². The number of nitrogens with zero attached hydrogens (tertiary/aromatic N) is 1. The highest BCUT2D eigenvalue weighted by Crippen LogP contribution is 2.18. The molecule has 1 unspecified atom stereocenters. The topological polar surface area (TPSA) is 49.4 Å². The summed E-state index contributed by atoms with van der Waals surface area (Å²) in [4.78, 5) is 28.2. The fourth-order valence-electron chi connectivity index (χ4n) is 3.42. The number of hydrogen-bond donors (Lipinski definition) is 1. The van der Waals surface area contributed by atoms with Crippen molar-refractivity contribution in [1.29, 1.82) is 0 Å². The number of amides is 2. The van der Waals surface area contributed by atoms with Crippen LogP contribution in [0.4, 0.5) is 0 Å². The molecular weight excluding hydrogens is 360 g/mol. The molecule has 156 valence electrons.